The summed E-state index contributed by atoms with van der Waals surface area (Å²) in [5.41, 5.74) is 0.273. The Hall–Kier alpha value is -0.810. The first-order valence-electron chi connectivity index (χ1n) is 11.6. The fourth-order valence-electron chi connectivity index (χ4n) is 5.28. The molecule has 2 saturated heterocycles. The molecule has 0 bridgehead atoms. The molecular formula is C22H43N5. The molecule has 0 amide bonds. The number of hydrogen-bond donors (Lipinski definition) is 2. The molecule has 0 radical (unpaired) electrons. The number of guanidine groups is 1. The number of nitrogens with one attached hydrogen (secondary N) is 2. The SMILES string of the molecule is CCNC(=NCC1(N2CCCCC2)CCN(C)CC1)NC1CCCC(C)C1. The molecule has 2 unspecified atom stereocenters. The topological polar surface area (TPSA) is 42.9 Å². The van der Waals surface area contributed by atoms with Gasteiger partial charge < -0.3 is 15.5 Å². The zero-order valence-corrected chi connectivity index (χ0v) is 18.1. The number of piperidine rings is 2. The summed E-state index contributed by atoms with van der Waals surface area (Å²) in [5.74, 6) is 1.89. The van der Waals surface area contributed by atoms with Gasteiger partial charge in [0, 0.05) is 18.1 Å². The molecule has 5 nitrogen and oxygen atoms in total. The van der Waals surface area contributed by atoms with E-state index in [4.69, 9.17) is 4.99 Å². The molecule has 2 heterocycles. The smallest absolute Gasteiger partial charge is 0.191 e. The fraction of sp³-hybridized carbons (Fsp3) is 0.955. The summed E-state index contributed by atoms with van der Waals surface area (Å²) in [6, 6.07) is 0.593. The minimum Gasteiger partial charge on any atom is -0.357 e. The van der Waals surface area contributed by atoms with Crippen molar-refractivity contribution in [3.8, 4) is 0 Å². The summed E-state index contributed by atoms with van der Waals surface area (Å²) in [4.78, 5) is 10.4. The Kier molecular flexibility index (Phi) is 7.83. The van der Waals surface area contributed by atoms with E-state index in [1.807, 2.05) is 0 Å². The number of aliphatic imine (C=N–C) groups is 1. The van der Waals surface area contributed by atoms with E-state index in [9.17, 15) is 0 Å². The summed E-state index contributed by atoms with van der Waals surface area (Å²) < 4.78 is 0. The zero-order chi connectivity index (χ0) is 19.1. The highest BCUT2D eigenvalue weighted by Gasteiger charge is 2.39. The molecule has 3 rings (SSSR count). The van der Waals surface area contributed by atoms with Crippen molar-refractivity contribution in [2.75, 3.05) is 46.3 Å². The summed E-state index contributed by atoms with van der Waals surface area (Å²) in [5, 5.41) is 7.29. The number of likely N-dealkylation sites (tertiary alicyclic amines) is 2. The molecule has 5 heteroatoms. The van der Waals surface area contributed by atoms with Crippen molar-refractivity contribution in [2.24, 2.45) is 10.9 Å². The molecule has 0 aromatic rings. The van der Waals surface area contributed by atoms with E-state index in [0.717, 1.165) is 25.0 Å². The van der Waals surface area contributed by atoms with E-state index in [-0.39, 0.29) is 5.54 Å². The lowest BCUT2D eigenvalue weighted by molar-refractivity contribution is 0.0208. The number of hydrogen-bond acceptors (Lipinski definition) is 3. The van der Waals surface area contributed by atoms with Gasteiger partial charge >= 0.3 is 0 Å². The van der Waals surface area contributed by atoms with Gasteiger partial charge in [0.25, 0.3) is 0 Å². The maximum absolute atomic E-state index is 5.16. The highest BCUT2D eigenvalue weighted by molar-refractivity contribution is 5.80. The first-order chi connectivity index (χ1) is 13.1. The highest BCUT2D eigenvalue weighted by Crippen LogP contribution is 2.32. The Morgan fingerprint density at radius 2 is 1.78 bits per heavy atom. The molecule has 3 fully saturated rings. The average molecular weight is 378 g/mol. The fourth-order valence-corrected chi connectivity index (χ4v) is 5.28. The van der Waals surface area contributed by atoms with Crippen molar-refractivity contribution in [1.82, 2.24) is 20.4 Å². The van der Waals surface area contributed by atoms with Crippen molar-refractivity contribution >= 4 is 5.96 Å². The van der Waals surface area contributed by atoms with Crippen LogP contribution in [0.25, 0.3) is 0 Å². The molecule has 2 N–H and O–H groups in total. The van der Waals surface area contributed by atoms with Crippen molar-refractivity contribution in [3.63, 3.8) is 0 Å². The maximum atomic E-state index is 5.16. The quantitative estimate of drug-likeness (QED) is 0.571. The van der Waals surface area contributed by atoms with Crippen LogP contribution in [-0.2, 0) is 0 Å². The summed E-state index contributed by atoms with van der Waals surface area (Å²) >= 11 is 0. The average Bonchev–Trinajstić information content (AvgIpc) is 2.69. The van der Waals surface area contributed by atoms with Crippen molar-refractivity contribution in [2.45, 2.75) is 83.2 Å². The van der Waals surface area contributed by atoms with Gasteiger partial charge in [-0.05, 0) is 84.6 Å². The van der Waals surface area contributed by atoms with E-state index in [1.54, 1.807) is 0 Å². The molecule has 2 aliphatic heterocycles. The first-order valence-corrected chi connectivity index (χ1v) is 11.6. The van der Waals surface area contributed by atoms with Crippen molar-refractivity contribution in [3.05, 3.63) is 0 Å². The molecule has 156 valence electrons. The van der Waals surface area contributed by atoms with Crippen LogP contribution in [0.15, 0.2) is 4.99 Å². The number of rotatable bonds is 5. The normalized spacial score (nSPS) is 30.9. The Balaban J connectivity index is 1.67. The van der Waals surface area contributed by atoms with Crippen LogP contribution in [-0.4, -0.2) is 73.7 Å². The van der Waals surface area contributed by atoms with Gasteiger partial charge in [-0.1, -0.05) is 26.2 Å². The largest absolute Gasteiger partial charge is 0.357 e. The van der Waals surface area contributed by atoms with Crippen LogP contribution in [0.5, 0.6) is 0 Å². The standard InChI is InChI=1S/C22H43N5/c1-4-23-21(25-20-10-8-9-19(2)17-20)24-18-22(11-15-26(3)16-12-22)27-13-6-5-7-14-27/h19-20H,4-18H2,1-3H3,(H2,23,24,25). The van der Waals surface area contributed by atoms with Gasteiger partial charge in [-0.3, -0.25) is 9.89 Å². The minimum atomic E-state index is 0.273. The summed E-state index contributed by atoms with van der Waals surface area (Å²) in [6.45, 7) is 11.4. The molecule has 1 aliphatic carbocycles. The molecule has 0 aromatic heterocycles. The summed E-state index contributed by atoms with van der Waals surface area (Å²) in [7, 11) is 2.26. The predicted octanol–water partition coefficient (Wildman–Crippen LogP) is 3.07. The molecule has 2 atom stereocenters. The molecule has 3 aliphatic rings. The van der Waals surface area contributed by atoms with Crippen LogP contribution >= 0.6 is 0 Å². The lowest BCUT2D eigenvalue weighted by atomic mass is 9.84. The monoisotopic (exact) mass is 377 g/mol. The number of nitrogens with zero attached hydrogens (tertiary/aromatic N) is 3. The van der Waals surface area contributed by atoms with Gasteiger partial charge in [-0.2, -0.15) is 0 Å². The van der Waals surface area contributed by atoms with Gasteiger partial charge in [0.15, 0.2) is 5.96 Å². The van der Waals surface area contributed by atoms with Crippen LogP contribution in [0.3, 0.4) is 0 Å². The molecule has 27 heavy (non-hydrogen) atoms. The molecular weight excluding hydrogens is 334 g/mol. The van der Waals surface area contributed by atoms with Crippen LogP contribution < -0.4 is 10.6 Å². The predicted molar refractivity (Wildman–Crippen MR) is 115 cm³/mol. The molecule has 1 saturated carbocycles. The van der Waals surface area contributed by atoms with E-state index in [1.165, 1.54) is 84.0 Å². The maximum Gasteiger partial charge on any atom is 0.191 e. The second kappa shape index (κ2) is 10.1. The van der Waals surface area contributed by atoms with Crippen LogP contribution in [0, 0.1) is 5.92 Å². The lowest BCUT2D eigenvalue weighted by Crippen LogP contribution is -2.58. The zero-order valence-electron chi connectivity index (χ0n) is 18.1. The first kappa shape index (κ1) is 20.9. The molecule has 0 aromatic carbocycles. The highest BCUT2D eigenvalue weighted by atomic mass is 15.3. The van der Waals surface area contributed by atoms with Crippen LogP contribution in [0.1, 0.15) is 71.6 Å². The van der Waals surface area contributed by atoms with Crippen LogP contribution in [0.4, 0.5) is 0 Å². The van der Waals surface area contributed by atoms with Gasteiger partial charge in [0.05, 0.1) is 6.54 Å². The third-order valence-corrected chi connectivity index (χ3v) is 7.10. The van der Waals surface area contributed by atoms with Crippen molar-refractivity contribution in [1.29, 1.82) is 0 Å². The summed E-state index contributed by atoms with van der Waals surface area (Å²) in [6.07, 6.45) is 11.9. The van der Waals surface area contributed by atoms with Gasteiger partial charge in [-0.25, -0.2) is 0 Å². The third kappa shape index (κ3) is 5.83. The van der Waals surface area contributed by atoms with E-state index in [2.05, 4.69) is 41.3 Å². The van der Waals surface area contributed by atoms with E-state index < -0.39 is 0 Å². The second-order valence-corrected chi connectivity index (χ2v) is 9.38. The Bertz CT molecular complexity index is 463. The molecule has 0 spiro atoms. The van der Waals surface area contributed by atoms with Gasteiger partial charge in [-0.15, -0.1) is 0 Å². The van der Waals surface area contributed by atoms with E-state index >= 15 is 0 Å². The van der Waals surface area contributed by atoms with Crippen molar-refractivity contribution < 1.29 is 0 Å². The Morgan fingerprint density at radius 3 is 2.44 bits per heavy atom. The second-order valence-electron chi connectivity index (χ2n) is 9.38. The Labute approximate surface area is 167 Å². The van der Waals surface area contributed by atoms with Crippen LogP contribution in [0.2, 0.25) is 0 Å². The Morgan fingerprint density at radius 1 is 1.04 bits per heavy atom. The minimum absolute atomic E-state index is 0.273. The lowest BCUT2D eigenvalue weighted by Gasteiger charge is -2.49. The third-order valence-electron chi connectivity index (χ3n) is 7.10. The van der Waals surface area contributed by atoms with Gasteiger partial charge in [0.1, 0.15) is 0 Å². The van der Waals surface area contributed by atoms with E-state index in [0.29, 0.717) is 6.04 Å². The van der Waals surface area contributed by atoms with Gasteiger partial charge in [0.2, 0.25) is 0 Å².